The van der Waals surface area contributed by atoms with Crippen molar-refractivity contribution in [3.8, 4) is 11.5 Å². The van der Waals surface area contributed by atoms with Crippen molar-refractivity contribution in [2.45, 2.75) is 70.4 Å². The molecule has 1 amide bonds. The number of ether oxygens (including phenoxy) is 2. The number of nitrogens with one attached hydrogen (secondary N) is 2. The first-order valence-electron chi connectivity index (χ1n) is 11.7. The van der Waals surface area contributed by atoms with E-state index in [1.165, 1.54) is 0 Å². The Morgan fingerprint density at radius 3 is 2.71 bits per heavy atom. The first-order valence-corrected chi connectivity index (χ1v) is 15.2. The molecule has 2 N–H and O–H groups in total. The molecule has 0 spiro atoms. The molecular weight excluding hydrogens is 474 g/mol. The number of fused-ring (bicyclic) bond motifs is 4. The fraction of sp³-hybridized carbons (Fsp3) is 0.652. The van der Waals surface area contributed by atoms with Gasteiger partial charge in [0.2, 0.25) is 11.7 Å². The molecule has 2 saturated carbocycles. The van der Waals surface area contributed by atoms with Crippen LogP contribution in [0, 0.1) is 22.8 Å². The summed E-state index contributed by atoms with van der Waals surface area (Å²) in [6.45, 7) is 9.40. The molecule has 2 aromatic heterocycles. The second kappa shape index (κ2) is 7.94. The Labute approximate surface area is 203 Å². The van der Waals surface area contributed by atoms with E-state index in [4.69, 9.17) is 9.47 Å². The van der Waals surface area contributed by atoms with E-state index in [1.807, 2.05) is 18.4 Å². The molecule has 1 saturated heterocycles. The Hall–Kier alpha value is -2.62. The third kappa shape index (κ3) is 3.99. The van der Waals surface area contributed by atoms with E-state index in [-0.39, 0.29) is 35.6 Å². The van der Waals surface area contributed by atoms with Gasteiger partial charge in [0, 0.05) is 13.0 Å². The van der Waals surface area contributed by atoms with Crippen molar-refractivity contribution < 1.29 is 23.0 Å². The zero-order valence-corrected chi connectivity index (χ0v) is 21.6. The summed E-state index contributed by atoms with van der Waals surface area (Å²) in [5.41, 5.74) is 3.39. The van der Waals surface area contributed by atoms with Crippen LogP contribution in [0.3, 0.4) is 0 Å². The molecule has 3 aliphatic rings. The molecular formula is C23H30F2N6O3Si. The van der Waals surface area contributed by atoms with Crippen molar-refractivity contribution in [2.24, 2.45) is 11.3 Å². The fourth-order valence-electron chi connectivity index (χ4n) is 5.43. The molecule has 5 rings (SSSR count). The quantitative estimate of drug-likeness (QED) is 0.477. The number of hydrogen-bond acceptors (Lipinski definition) is 7. The Morgan fingerprint density at radius 2 is 2.06 bits per heavy atom. The maximum absolute atomic E-state index is 13.0. The van der Waals surface area contributed by atoms with Crippen molar-refractivity contribution >= 4 is 31.0 Å². The lowest BCUT2D eigenvalue weighted by Crippen LogP contribution is -2.40. The predicted molar refractivity (Wildman–Crippen MR) is 128 cm³/mol. The van der Waals surface area contributed by atoms with E-state index in [0.29, 0.717) is 17.6 Å². The predicted octanol–water partition coefficient (Wildman–Crippen LogP) is 2.56. The molecule has 3 fully saturated rings. The second-order valence-electron chi connectivity index (χ2n) is 10.9. The molecule has 12 heteroatoms. The van der Waals surface area contributed by atoms with E-state index >= 15 is 0 Å². The van der Waals surface area contributed by atoms with Crippen LogP contribution in [0.15, 0.2) is 6.33 Å². The number of alkyl halides is 2. The lowest BCUT2D eigenvalue weighted by Gasteiger charge is -2.24. The highest BCUT2D eigenvalue weighted by Crippen LogP contribution is 2.71. The number of amides is 1. The van der Waals surface area contributed by atoms with Gasteiger partial charge in [-0.15, -0.1) is 5.54 Å². The third-order valence-corrected chi connectivity index (χ3v) is 7.69. The maximum atomic E-state index is 13.0. The number of imidazole rings is 1. The zero-order valence-electron chi connectivity index (χ0n) is 20.6. The minimum absolute atomic E-state index is 0.0325. The van der Waals surface area contributed by atoms with Crippen LogP contribution in [0.4, 0.5) is 14.6 Å². The number of hydrogen-bond donors (Lipinski definition) is 2. The Kier molecular flexibility index (Phi) is 5.47. The molecule has 3 heterocycles. The van der Waals surface area contributed by atoms with Gasteiger partial charge in [-0.2, -0.15) is 0 Å². The molecule has 0 aromatic carbocycles. The van der Waals surface area contributed by atoms with Crippen molar-refractivity contribution in [3.63, 3.8) is 0 Å². The topological polar surface area (TPSA) is 103 Å². The molecule has 2 aliphatic carbocycles. The third-order valence-electron chi connectivity index (χ3n) is 6.81. The smallest absolute Gasteiger partial charge is 0.255 e. The molecule has 2 aromatic rings. The molecule has 0 unspecified atom stereocenters. The van der Waals surface area contributed by atoms with Crippen molar-refractivity contribution in [2.75, 3.05) is 18.9 Å². The molecule has 35 heavy (non-hydrogen) atoms. The summed E-state index contributed by atoms with van der Waals surface area (Å²) >= 11 is 0. The van der Waals surface area contributed by atoms with Crippen LogP contribution in [0.1, 0.15) is 32.1 Å². The van der Waals surface area contributed by atoms with Crippen molar-refractivity contribution in [3.05, 3.63) is 12.2 Å². The first-order chi connectivity index (χ1) is 16.4. The lowest BCUT2D eigenvalue weighted by molar-refractivity contribution is -0.164. The minimum Gasteiger partial charge on any atom is -0.362 e. The second-order valence-corrected chi connectivity index (χ2v) is 15.7. The van der Waals surface area contributed by atoms with Crippen LogP contribution in [0.25, 0.3) is 11.2 Å². The number of anilines is 1. The lowest BCUT2D eigenvalue weighted by atomic mass is 9.98. The van der Waals surface area contributed by atoms with Gasteiger partial charge in [0.25, 0.3) is 6.43 Å². The van der Waals surface area contributed by atoms with Gasteiger partial charge < -0.3 is 24.7 Å². The number of carbonyl (C=O) groups is 1. The summed E-state index contributed by atoms with van der Waals surface area (Å²) in [5, 5.41) is 5.48. The molecule has 188 valence electrons. The van der Waals surface area contributed by atoms with Gasteiger partial charge in [0.15, 0.2) is 22.8 Å². The molecule has 1 aliphatic heterocycles. The van der Waals surface area contributed by atoms with Gasteiger partial charge in [0.1, 0.15) is 20.3 Å². The number of halogens is 2. The van der Waals surface area contributed by atoms with Gasteiger partial charge in [0.05, 0.1) is 24.3 Å². The van der Waals surface area contributed by atoms with Gasteiger partial charge in [-0.3, -0.25) is 4.79 Å². The van der Waals surface area contributed by atoms with E-state index in [0.717, 1.165) is 0 Å². The summed E-state index contributed by atoms with van der Waals surface area (Å²) in [7, 11) is -0.109. The standard InChI is InChI=1S/C23H30F2N6O3Si/c1-22(2)33-17-16(12-9-23(12,18(17)34-22)21(32)26-3)31-11-28-15-19(27-10-13(24)25)29-14(30-20(15)31)7-8-35(4,5)6/h11-13,16-18H,9-10H2,1-6H3,(H,26,32)(H,27,29,30)/t12-,16-,17+,18+,23+/m1/s1. The van der Waals surface area contributed by atoms with E-state index in [9.17, 15) is 13.6 Å². The van der Waals surface area contributed by atoms with Gasteiger partial charge in [-0.25, -0.2) is 23.7 Å². The van der Waals surface area contributed by atoms with Gasteiger partial charge in [-0.05, 0) is 26.2 Å². The summed E-state index contributed by atoms with van der Waals surface area (Å²) in [5.74, 6) is 2.54. The summed E-state index contributed by atoms with van der Waals surface area (Å²) in [4.78, 5) is 26.5. The minimum atomic E-state index is -2.56. The van der Waals surface area contributed by atoms with Crippen molar-refractivity contribution in [1.82, 2.24) is 24.8 Å². The molecule has 9 nitrogen and oxygen atoms in total. The van der Waals surface area contributed by atoms with E-state index in [1.54, 1.807) is 13.4 Å². The van der Waals surface area contributed by atoms with Crippen LogP contribution < -0.4 is 10.6 Å². The van der Waals surface area contributed by atoms with Gasteiger partial charge >= 0.3 is 0 Å². The van der Waals surface area contributed by atoms with Crippen molar-refractivity contribution in [1.29, 1.82) is 0 Å². The van der Waals surface area contributed by atoms with Crippen LogP contribution in [-0.4, -0.2) is 71.5 Å². The van der Waals surface area contributed by atoms with Gasteiger partial charge in [-0.1, -0.05) is 19.6 Å². The number of nitrogens with zero attached hydrogens (tertiary/aromatic N) is 4. The molecule has 5 atom stereocenters. The fourth-order valence-corrected chi connectivity index (χ4v) is 5.92. The first kappa shape index (κ1) is 24.1. The Balaban J connectivity index is 1.62. The Bertz CT molecular complexity index is 1250. The molecule has 0 bridgehead atoms. The maximum Gasteiger partial charge on any atom is 0.255 e. The molecule has 0 radical (unpaired) electrons. The SMILES string of the molecule is CNC(=O)[C@@]12C[C@@H]1[C@@H](n1cnc3c(NCC(F)F)nc(C#C[Si](C)(C)C)nc31)[C@@H]1OC(C)(C)O[C@@H]12. The van der Waals surface area contributed by atoms with Crippen LogP contribution in [-0.2, 0) is 14.3 Å². The largest absolute Gasteiger partial charge is 0.362 e. The monoisotopic (exact) mass is 504 g/mol. The highest BCUT2D eigenvalue weighted by molar-refractivity contribution is 6.83. The highest BCUT2D eigenvalue weighted by atomic mass is 28.3. The van der Waals surface area contributed by atoms with E-state index in [2.05, 4.69) is 56.7 Å². The normalized spacial score (nSPS) is 30.5. The Morgan fingerprint density at radius 1 is 1.31 bits per heavy atom. The number of carbonyl (C=O) groups excluding carboxylic acids is 1. The number of rotatable bonds is 5. The summed E-state index contributed by atoms with van der Waals surface area (Å²) in [6, 6.07) is -0.264. The highest BCUT2D eigenvalue weighted by Gasteiger charge is 2.79. The van der Waals surface area contributed by atoms with Crippen LogP contribution >= 0.6 is 0 Å². The van der Waals surface area contributed by atoms with E-state index < -0.39 is 38.4 Å². The zero-order chi connectivity index (χ0) is 25.3. The average Bonchev–Trinajstić information content (AvgIpc) is 3.08. The van der Waals surface area contributed by atoms with Crippen LogP contribution in [0.2, 0.25) is 19.6 Å². The van der Waals surface area contributed by atoms with Crippen LogP contribution in [0.5, 0.6) is 0 Å². The summed E-state index contributed by atoms with van der Waals surface area (Å²) < 4.78 is 40.3. The summed E-state index contributed by atoms with van der Waals surface area (Å²) in [6.07, 6.45) is -1.07. The average molecular weight is 505 g/mol. The number of aromatic nitrogens is 4.